The molecule has 2 rings (SSSR count). The molecule has 1 aromatic carbocycles. The van der Waals surface area contributed by atoms with E-state index < -0.39 is 0 Å². The highest BCUT2D eigenvalue weighted by molar-refractivity contribution is 6.30. The number of carbonyl (C=O) groups is 1. The van der Waals surface area contributed by atoms with Crippen LogP contribution in [0.5, 0.6) is 0 Å². The van der Waals surface area contributed by atoms with Crippen LogP contribution in [0.3, 0.4) is 0 Å². The Hall–Kier alpha value is -1.06. The van der Waals surface area contributed by atoms with Gasteiger partial charge in [0.1, 0.15) is 0 Å². The molecule has 18 heavy (non-hydrogen) atoms. The normalized spacial score (nSPS) is 19.5. The van der Waals surface area contributed by atoms with Gasteiger partial charge < -0.3 is 10.6 Å². The number of amides is 1. The number of rotatable bonds is 4. The lowest BCUT2D eigenvalue weighted by Gasteiger charge is -2.22. The number of carbonyl (C=O) groups excluding carboxylic acids is 1. The fourth-order valence-electron chi connectivity index (χ4n) is 2.25. The zero-order valence-corrected chi connectivity index (χ0v) is 11.2. The van der Waals surface area contributed by atoms with E-state index in [1.165, 1.54) is 12.8 Å². The molecular weight excluding hydrogens is 248 g/mol. The fourth-order valence-corrected chi connectivity index (χ4v) is 2.46. The molecule has 1 fully saturated rings. The van der Waals surface area contributed by atoms with Crippen LogP contribution in [-0.4, -0.2) is 25.5 Å². The van der Waals surface area contributed by atoms with E-state index in [4.69, 9.17) is 11.6 Å². The Balaban J connectivity index is 1.74. The molecule has 4 heteroatoms. The van der Waals surface area contributed by atoms with Gasteiger partial charge in [0.05, 0.1) is 6.42 Å². The highest BCUT2D eigenvalue weighted by Crippen LogP contribution is 2.11. The number of hydrogen-bond donors (Lipinski definition) is 2. The molecule has 0 radical (unpaired) electrons. The quantitative estimate of drug-likeness (QED) is 0.875. The summed E-state index contributed by atoms with van der Waals surface area (Å²) in [6.45, 7) is 2.89. The molecule has 1 aliphatic rings. The molecular formula is C14H19ClN2O. The van der Waals surface area contributed by atoms with Crippen molar-refractivity contribution in [2.75, 3.05) is 19.6 Å². The van der Waals surface area contributed by atoms with Crippen LogP contribution in [0.1, 0.15) is 18.4 Å². The molecule has 1 aliphatic heterocycles. The first-order chi connectivity index (χ1) is 8.74. The van der Waals surface area contributed by atoms with Gasteiger partial charge in [-0.3, -0.25) is 4.79 Å². The van der Waals surface area contributed by atoms with Crippen LogP contribution in [0.2, 0.25) is 5.02 Å². The van der Waals surface area contributed by atoms with E-state index in [0.717, 1.165) is 25.2 Å². The standard InChI is InChI=1S/C14H19ClN2O/c15-13-5-1-3-11(7-13)8-14(18)17-10-12-4-2-6-16-9-12/h1,3,5,7,12,16H,2,4,6,8-10H2,(H,17,18)/t12-/m1/s1. The van der Waals surface area contributed by atoms with E-state index in [2.05, 4.69) is 10.6 Å². The Bertz CT molecular complexity index is 403. The van der Waals surface area contributed by atoms with Gasteiger partial charge in [0.15, 0.2) is 0 Å². The molecule has 2 N–H and O–H groups in total. The summed E-state index contributed by atoms with van der Waals surface area (Å²) in [6.07, 6.45) is 2.81. The molecule has 0 unspecified atom stereocenters. The van der Waals surface area contributed by atoms with Crippen LogP contribution >= 0.6 is 11.6 Å². The molecule has 1 atom stereocenters. The smallest absolute Gasteiger partial charge is 0.224 e. The zero-order chi connectivity index (χ0) is 12.8. The number of piperidine rings is 1. The highest BCUT2D eigenvalue weighted by Gasteiger charge is 2.13. The maximum absolute atomic E-state index is 11.8. The van der Waals surface area contributed by atoms with Crippen LogP contribution in [0.25, 0.3) is 0 Å². The second-order valence-electron chi connectivity index (χ2n) is 4.82. The van der Waals surface area contributed by atoms with Crippen molar-refractivity contribution < 1.29 is 4.79 Å². The number of nitrogens with one attached hydrogen (secondary N) is 2. The summed E-state index contributed by atoms with van der Waals surface area (Å²) in [6, 6.07) is 7.45. The van der Waals surface area contributed by atoms with Gasteiger partial charge in [-0.15, -0.1) is 0 Å². The monoisotopic (exact) mass is 266 g/mol. The lowest BCUT2D eigenvalue weighted by Crippen LogP contribution is -2.38. The predicted octanol–water partition coefficient (Wildman–Crippen LogP) is 2.00. The minimum Gasteiger partial charge on any atom is -0.355 e. The third-order valence-corrected chi connectivity index (χ3v) is 3.48. The van der Waals surface area contributed by atoms with Crippen LogP contribution in [0.4, 0.5) is 0 Å². The minimum absolute atomic E-state index is 0.0721. The summed E-state index contributed by atoms with van der Waals surface area (Å²) in [5.41, 5.74) is 0.960. The first-order valence-electron chi connectivity index (χ1n) is 6.46. The van der Waals surface area contributed by atoms with Gasteiger partial charge >= 0.3 is 0 Å². The Kier molecular flexibility index (Phi) is 5.02. The van der Waals surface area contributed by atoms with Crippen LogP contribution < -0.4 is 10.6 Å². The van der Waals surface area contributed by atoms with Crippen LogP contribution in [0.15, 0.2) is 24.3 Å². The molecule has 0 saturated carbocycles. The summed E-state index contributed by atoms with van der Waals surface area (Å²) in [5.74, 6) is 0.643. The van der Waals surface area contributed by atoms with Crippen molar-refractivity contribution in [1.29, 1.82) is 0 Å². The number of benzene rings is 1. The van der Waals surface area contributed by atoms with Crippen molar-refractivity contribution in [3.63, 3.8) is 0 Å². The van der Waals surface area contributed by atoms with E-state index in [0.29, 0.717) is 17.4 Å². The third kappa shape index (κ3) is 4.31. The first-order valence-corrected chi connectivity index (χ1v) is 6.83. The van der Waals surface area contributed by atoms with Gasteiger partial charge in [-0.2, -0.15) is 0 Å². The van der Waals surface area contributed by atoms with Gasteiger partial charge in [-0.05, 0) is 49.5 Å². The lowest BCUT2D eigenvalue weighted by molar-refractivity contribution is -0.120. The molecule has 1 amide bonds. The molecule has 0 bridgehead atoms. The Morgan fingerprint density at radius 3 is 3.11 bits per heavy atom. The molecule has 1 aromatic rings. The molecule has 1 heterocycles. The van der Waals surface area contributed by atoms with Crippen molar-refractivity contribution in [3.8, 4) is 0 Å². The third-order valence-electron chi connectivity index (χ3n) is 3.24. The van der Waals surface area contributed by atoms with Crippen LogP contribution in [0, 0.1) is 5.92 Å². The fraction of sp³-hybridized carbons (Fsp3) is 0.500. The van der Waals surface area contributed by atoms with Crippen molar-refractivity contribution in [1.82, 2.24) is 10.6 Å². The largest absolute Gasteiger partial charge is 0.355 e. The molecule has 0 spiro atoms. The number of hydrogen-bond acceptors (Lipinski definition) is 2. The molecule has 3 nitrogen and oxygen atoms in total. The number of halogens is 1. The summed E-state index contributed by atoms with van der Waals surface area (Å²) in [4.78, 5) is 11.8. The Labute approximate surface area is 113 Å². The van der Waals surface area contributed by atoms with E-state index in [9.17, 15) is 4.79 Å². The van der Waals surface area contributed by atoms with Gasteiger partial charge in [0.25, 0.3) is 0 Å². The van der Waals surface area contributed by atoms with E-state index in [1.54, 1.807) is 0 Å². The van der Waals surface area contributed by atoms with Gasteiger partial charge in [-0.1, -0.05) is 23.7 Å². The van der Waals surface area contributed by atoms with Crippen molar-refractivity contribution in [2.45, 2.75) is 19.3 Å². The summed E-state index contributed by atoms with van der Waals surface area (Å²) >= 11 is 5.89. The average molecular weight is 267 g/mol. The zero-order valence-electron chi connectivity index (χ0n) is 10.4. The van der Waals surface area contributed by atoms with Crippen molar-refractivity contribution >= 4 is 17.5 Å². The maximum atomic E-state index is 11.8. The topological polar surface area (TPSA) is 41.1 Å². The average Bonchev–Trinajstić information content (AvgIpc) is 2.38. The molecule has 98 valence electrons. The second-order valence-corrected chi connectivity index (χ2v) is 5.26. The lowest BCUT2D eigenvalue weighted by atomic mass is 10.00. The second kappa shape index (κ2) is 6.76. The van der Waals surface area contributed by atoms with Crippen molar-refractivity contribution in [3.05, 3.63) is 34.9 Å². The first kappa shape index (κ1) is 13.4. The SMILES string of the molecule is O=C(Cc1cccc(Cl)c1)NC[C@@H]1CCCNC1. The maximum Gasteiger partial charge on any atom is 0.224 e. The Morgan fingerprint density at radius 1 is 1.50 bits per heavy atom. The minimum atomic E-state index is 0.0721. The summed E-state index contributed by atoms with van der Waals surface area (Å²) in [5, 5.41) is 7.02. The Morgan fingerprint density at radius 2 is 2.39 bits per heavy atom. The molecule has 0 aromatic heterocycles. The molecule has 0 aliphatic carbocycles. The van der Waals surface area contributed by atoms with Crippen molar-refractivity contribution in [2.24, 2.45) is 5.92 Å². The van der Waals surface area contributed by atoms with Crippen LogP contribution in [-0.2, 0) is 11.2 Å². The van der Waals surface area contributed by atoms with E-state index >= 15 is 0 Å². The van der Waals surface area contributed by atoms with Gasteiger partial charge in [0.2, 0.25) is 5.91 Å². The predicted molar refractivity (Wildman–Crippen MR) is 73.8 cm³/mol. The highest BCUT2D eigenvalue weighted by atomic mass is 35.5. The van der Waals surface area contributed by atoms with Gasteiger partial charge in [0, 0.05) is 11.6 Å². The summed E-state index contributed by atoms with van der Waals surface area (Å²) < 4.78 is 0. The van der Waals surface area contributed by atoms with E-state index in [-0.39, 0.29) is 5.91 Å². The summed E-state index contributed by atoms with van der Waals surface area (Å²) in [7, 11) is 0. The molecule has 1 saturated heterocycles. The van der Waals surface area contributed by atoms with Gasteiger partial charge in [-0.25, -0.2) is 0 Å². The van der Waals surface area contributed by atoms with E-state index in [1.807, 2.05) is 24.3 Å².